The number of aromatic nitrogens is 2. The predicted octanol–water partition coefficient (Wildman–Crippen LogP) is 1.72. The van der Waals surface area contributed by atoms with Crippen LogP contribution < -0.4 is 19.1 Å². The molecule has 0 spiro atoms. The van der Waals surface area contributed by atoms with Crippen LogP contribution >= 0.6 is 0 Å². The van der Waals surface area contributed by atoms with Crippen molar-refractivity contribution >= 4 is 16.0 Å². The van der Waals surface area contributed by atoms with Gasteiger partial charge in [0.05, 0.1) is 17.1 Å². The van der Waals surface area contributed by atoms with Crippen molar-refractivity contribution in [2.24, 2.45) is 0 Å². The van der Waals surface area contributed by atoms with Gasteiger partial charge in [0.2, 0.25) is 16.0 Å². The second-order valence-electron chi connectivity index (χ2n) is 6.53. The number of piperidine rings is 1. The number of sulfonamides is 1. The van der Waals surface area contributed by atoms with Crippen LogP contribution in [0.15, 0.2) is 35.4 Å². The summed E-state index contributed by atoms with van der Waals surface area (Å²) in [5.41, 5.74) is 0.631. The van der Waals surface area contributed by atoms with Crippen molar-refractivity contribution in [1.82, 2.24) is 14.7 Å². The van der Waals surface area contributed by atoms with E-state index in [4.69, 9.17) is 9.47 Å². The molecular weight excluding hydrogens is 368 g/mol. The van der Waals surface area contributed by atoms with E-state index in [0.717, 1.165) is 25.9 Å². The van der Waals surface area contributed by atoms with Crippen LogP contribution in [-0.4, -0.2) is 44.7 Å². The molecule has 27 heavy (non-hydrogen) atoms. The van der Waals surface area contributed by atoms with Crippen LogP contribution in [0.4, 0.5) is 5.95 Å². The van der Waals surface area contributed by atoms with Gasteiger partial charge in [0.15, 0.2) is 11.5 Å². The lowest BCUT2D eigenvalue weighted by Crippen LogP contribution is -2.31. The third kappa shape index (κ3) is 4.14. The fraction of sp³-hybridized carbons (Fsp3) is 0.444. The molecule has 2 aliphatic heterocycles. The number of hydrogen-bond acceptors (Lipinski definition) is 7. The Hall–Kier alpha value is -2.39. The van der Waals surface area contributed by atoms with Gasteiger partial charge in [-0.25, -0.2) is 23.1 Å². The lowest BCUT2D eigenvalue weighted by molar-refractivity contribution is 0.171. The highest BCUT2D eigenvalue weighted by Gasteiger charge is 2.20. The lowest BCUT2D eigenvalue weighted by Gasteiger charge is -2.26. The summed E-state index contributed by atoms with van der Waals surface area (Å²) in [5, 5.41) is 0. The van der Waals surface area contributed by atoms with Gasteiger partial charge in [-0.3, -0.25) is 0 Å². The zero-order valence-electron chi connectivity index (χ0n) is 14.9. The zero-order chi connectivity index (χ0) is 18.7. The standard InChI is InChI=1S/C18H22N4O4S/c23-27(24,15-4-5-16-17(12-15)26-11-10-25-16)20-13-14-6-7-19-18(21-14)22-8-2-1-3-9-22/h4-7,12,20H,1-3,8-11,13H2. The van der Waals surface area contributed by atoms with Crippen molar-refractivity contribution in [1.29, 1.82) is 0 Å². The molecule has 0 radical (unpaired) electrons. The molecule has 8 nitrogen and oxygen atoms in total. The molecule has 4 rings (SSSR count). The second kappa shape index (κ2) is 7.69. The molecule has 2 aliphatic rings. The summed E-state index contributed by atoms with van der Waals surface area (Å²) in [4.78, 5) is 11.1. The first kappa shape index (κ1) is 18.0. The molecule has 1 saturated heterocycles. The van der Waals surface area contributed by atoms with E-state index < -0.39 is 10.0 Å². The first-order chi connectivity index (χ1) is 13.1. The number of hydrogen-bond donors (Lipinski definition) is 1. The largest absolute Gasteiger partial charge is 0.486 e. The van der Waals surface area contributed by atoms with Crippen molar-refractivity contribution in [2.45, 2.75) is 30.7 Å². The van der Waals surface area contributed by atoms with Crippen molar-refractivity contribution in [3.8, 4) is 11.5 Å². The number of ether oxygens (including phenoxy) is 2. The number of rotatable bonds is 5. The highest BCUT2D eigenvalue weighted by Crippen LogP contribution is 2.32. The van der Waals surface area contributed by atoms with Crippen LogP contribution in [0.5, 0.6) is 11.5 Å². The molecule has 1 fully saturated rings. The highest BCUT2D eigenvalue weighted by atomic mass is 32.2. The average molecular weight is 390 g/mol. The minimum Gasteiger partial charge on any atom is -0.486 e. The lowest BCUT2D eigenvalue weighted by atomic mass is 10.1. The van der Waals surface area contributed by atoms with Gasteiger partial charge in [0.1, 0.15) is 13.2 Å². The summed E-state index contributed by atoms with van der Waals surface area (Å²) in [6, 6.07) is 6.33. The zero-order valence-corrected chi connectivity index (χ0v) is 15.7. The Morgan fingerprint density at radius 2 is 1.81 bits per heavy atom. The van der Waals surface area contributed by atoms with Crippen LogP contribution in [-0.2, 0) is 16.6 Å². The topological polar surface area (TPSA) is 93.7 Å². The average Bonchev–Trinajstić information content (AvgIpc) is 2.73. The van der Waals surface area contributed by atoms with E-state index in [-0.39, 0.29) is 11.4 Å². The molecular formula is C18H22N4O4S. The van der Waals surface area contributed by atoms with Crippen molar-refractivity contribution in [3.05, 3.63) is 36.2 Å². The Balaban J connectivity index is 1.46. The summed E-state index contributed by atoms with van der Waals surface area (Å²) in [6.45, 7) is 2.84. The van der Waals surface area contributed by atoms with Gasteiger partial charge in [-0.1, -0.05) is 0 Å². The maximum Gasteiger partial charge on any atom is 0.241 e. The Morgan fingerprint density at radius 3 is 2.63 bits per heavy atom. The van der Waals surface area contributed by atoms with E-state index in [1.807, 2.05) is 0 Å². The molecule has 144 valence electrons. The predicted molar refractivity (Wildman–Crippen MR) is 99.6 cm³/mol. The molecule has 0 aliphatic carbocycles. The SMILES string of the molecule is O=S(=O)(NCc1ccnc(N2CCCCC2)n1)c1ccc2c(c1)OCCO2. The van der Waals surface area contributed by atoms with Crippen molar-refractivity contribution in [3.63, 3.8) is 0 Å². The normalized spacial score (nSPS) is 17.0. The van der Waals surface area contributed by atoms with Gasteiger partial charge in [-0.05, 0) is 37.5 Å². The van der Waals surface area contributed by atoms with E-state index >= 15 is 0 Å². The van der Waals surface area contributed by atoms with E-state index in [9.17, 15) is 8.42 Å². The number of anilines is 1. The minimum absolute atomic E-state index is 0.0974. The van der Waals surface area contributed by atoms with Crippen molar-refractivity contribution < 1.29 is 17.9 Å². The van der Waals surface area contributed by atoms with Gasteiger partial charge < -0.3 is 14.4 Å². The summed E-state index contributed by atoms with van der Waals surface area (Å²) in [7, 11) is -3.69. The smallest absolute Gasteiger partial charge is 0.241 e. The van der Waals surface area contributed by atoms with E-state index in [1.54, 1.807) is 18.3 Å². The van der Waals surface area contributed by atoms with Crippen molar-refractivity contribution in [2.75, 3.05) is 31.2 Å². The Kier molecular flexibility index (Phi) is 5.13. The van der Waals surface area contributed by atoms with Gasteiger partial charge in [0, 0.05) is 25.4 Å². The molecule has 0 bridgehead atoms. The summed E-state index contributed by atoms with van der Waals surface area (Å²) in [6.07, 6.45) is 5.16. The molecule has 1 aromatic heterocycles. The van der Waals surface area contributed by atoms with Gasteiger partial charge in [-0.2, -0.15) is 0 Å². The Bertz CT molecular complexity index is 913. The third-order valence-electron chi connectivity index (χ3n) is 4.61. The molecule has 1 aromatic carbocycles. The molecule has 9 heteroatoms. The van der Waals surface area contributed by atoms with Gasteiger partial charge in [0.25, 0.3) is 0 Å². The van der Waals surface area contributed by atoms with E-state index in [0.29, 0.717) is 36.4 Å². The van der Waals surface area contributed by atoms with Crippen LogP contribution in [0.2, 0.25) is 0 Å². The molecule has 3 heterocycles. The van der Waals surface area contributed by atoms with Crippen LogP contribution in [0.25, 0.3) is 0 Å². The molecule has 0 amide bonds. The van der Waals surface area contributed by atoms with E-state index in [2.05, 4.69) is 19.6 Å². The third-order valence-corrected chi connectivity index (χ3v) is 6.01. The maximum atomic E-state index is 12.6. The first-order valence-electron chi connectivity index (χ1n) is 9.08. The van der Waals surface area contributed by atoms with E-state index in [1.165, 1.54) is 18.6 Å². The molecule has 0 unspecified atom stereocenters. The number of fused-ring (bicyclic) bond motifs is 1. The van der Waals surface area contributed by atoms with Crippen LogP contribution in [0.3, 0.4) is 0 Å². The minimum atomic E-state index is -3.69. The molecule has 0 saturated carbocycles. The Labute approximate surface area is 158 Å². The van der Waals surface area contributed by atoms with Crippen LogP contribution in [0.1, 0.15) is 25.0 Å². The summed E-state index contributed by atoms with van der Waals surface area (Å²) >= 11 is 0. The van der Waals surface area contributed by atoms with Gasteiger partial charge in [-0.15, -0.1) is 0 Å². The highest BCUT2D eigenvalue weighted by molar-refractivity contribution is 7.89. The molecule has 2 aromatic rings. The number of benzene rings is 1. The number of nitrogens with one attached hydrogen (secondary N) is 1. The van der Waals surface area contributed by atoms with Crippen LogP contribution in [0, 0.1) is 0 Å². The summed E-state index contributed by atoms with van der Waals surface area (Å²) in [5.74, 6) is 1.66. The fourth-order valence-corrected chi connectivity index (χ4v) is 4.19. The quantitative estimate of drug-likeness (QED) is 0.831. The fourth-order valence-electron chi connectivity index (χ4n) is 3.17. The molecule has 1 N–H and O–H groups in total. The first-order valence-corrected chi connectivity index (χ1v) is 10.6. The molecule has 0 atom stereocenters. The second-order valence-corrected chi connectivity index (χ2v) is 8.29. The monoisotopic (exact) mass is 390 g/mol. The Morgan fingerprint density at radius 1 is 1.04 bits per heavy atom. The van der Waals surface area contributed by atoms with Gasteiger partial charge >= 0.3 is 0 Å². The maximum absolute atomic E-state index is 12.6. The number of nitrogens with zero attached hydrogens (tertiary/aromatic N) is 3. The summed E-state index contributed by atoms with van der Waals surface area (Å²) < 4.78 is 38.7.